The summed E-state index contributed by atoms with van der Waals surface area (Å²) in [5, 5.41) is 0. The molecule has 0 aliphatic rings. The average molecular weight is 391 g/mol. The van der Waals surface area contributed by atoms with Gasteiger partial charge in [0.1, 0.15) is 5.75 Å². The second kappa shape index (κ2) is 9.29. The lowest BCUT2D eigenvalue weighted by atomic mass is 10.1. The highest BCUT2D eigenvalue weighted by atomic mass is 32.2. The summed E-state index contributed by atoms with van der Waals surface area (Å²) in [5.41, 5.74) is 0.390. The van der Waals surface area contributed by atoms with Crippen molar-refractivity contribution >= 4 is 21.8 Å². The molecule has 0 unspecified atom stereocenters. The van der Waals surface area contributed by atoms with Crippen LogP contribution in [0.4, 0.5) is 0 Å². The Hall–Kier alpha value is -2.71. The summed E-state index contributed by atoms with van der Waals surface area (Å²) < 4.78 is 36.5. The first-order valence-corrected chi connectivity index (χ1v) is 9.74. The second-order valence-corrected chi connectivity index (χ2v) is 7.45. The van der Waals surface area contributed by atoms with Gasteiger partial charge < -0.3 is 9.47 Å². The molecule has 0 heterocycles. The van der Waals surface area contributed by atoms with Crippen molar-refractivity contribution < 1.29 is 27.5 Å². The number of Topliss-reactive ketones (excluding diaryl/α,β-unsaturated/α-hetero) is 1. The number of carbonyl (C=O) groups excluding carboxylic acids is 2. The van der Waals surface area contributed by atoms with E-state index in [9.17, 15) is 18.0 Å². The largest absolute Gasteiger partial charge is 0.497 e. The highest BCUT2D eigenvalue weighted by Crippen LogP contribution is 2.14. The van der Waals surface area contributed by atoms with Crippen LogP contribution in [0.25, 0.3) is 0 Å². The molecule has 0 bridgehead atoms. The van der Waals surface area contributed by atoms with Gasteiger partial charge in [-0.1, -0.05) is 18.2 Å². The number of carbonyl (C=O) groups is 2. The molecule has 0 amide bonds. The third-order valence-corrected chi connectivity index (χ3v) is 5.20. The van der Waals surface area contributed by atoms with Gasteiger partial charge in [-0.05, 0) is 43.3 Å². The van der Waals surface area contributed by atoms with Crippen molar-refractivity contribution in [3.63, 3.8) is 0 Å². The summed E-state index contributed by atoms with van der Waals surface area (Å²) in [6, 6.07) is 14.3. The maximum absolute atomic E-state index is 12.3. The summed E-state index contributed by atoms with van der Waals surface area (Å²) >= 11 is 0. The van der Waals surface area contributed by atoms with E-state index >= 15 is 0 Å². The van der Waals surface area contributed by atoms with Crippen LogP contribution >= 0.6 is 0 Å². The van der Waals surface area contributed by atoms with Crippen molar-refractivity contribution in [3.8, 4) is 5.75 Å². The van der Waals surface area contributed by atoms with Gasteiger partial charge in [-0.3, -0.25) is 9.59 Å². The highest BCUT2D eigenvalue weighted by molar-refractivity contribution is 7.89. The molecule has 1 N–H and O–H groups in total. The van der Waals surface area contributed by atoms with Gasteiger partial charge in [-0.2, -0.15) is 0 Å². The molecule has 0 spiro atoms. The molecule has 0 aromatic heterocycles. The number of benzene rings is 2. The molecule has 2 aromatic carbocycles. The van der Waals surface area contributed by atoms with Crippen LogP contribution in [0.15, 0.2) is 59.5 Å². The normalized spacial score (nSPS) is 12.2. The molecular weight excluding hydrogens is 370 g/mol. The zero-order valence-electron chi connectivity index (χ0n) is 15.0. The fraction of sp³-hybridized carbons (Fsp3) is 0.263. The molecule has 7 nitrogen and oxygen atoms in total. The van der Waals surface area contributed by atoms with E-state index < -0.39 is 22.1 Å². The first kappa shape index (κ1) is 20.6. The topological polar surface area (TPSA) is 98.8 Å². The smallest absolute Gasteiger partial charge is 0.307 e. The number of rotatable bonds is 9. The molecular formula is C19H21NO6S. The van der Waals surface area contributed by atoms with Gasteiger partial charge in [0.25, 0.3) is 0 Å². The number of sulfonamides is 1. The first-order valence-electron chi connectivity index (χ1n) is 8.26. The van der Waals surface area contributed by atoms with Gasteiger partial charge in [0.2, 0.25) is 15.8 Å². The summed E-state index contributed by atoms with van der Waals surface area (Å²) in [5.74, 6) is -0.405. The van der Waals surface area contributed by atoms with Crippen molar-refractivity contribution in [3.05, 3.63) is 60.2 Å². The van der Waals surface area contributed by atoms with Crippen LogP contribution in [0.2, 0.25) is 0 Å². The Labute approximate surface area is 158 Å². The third-order valence-electron chi connectivity index (χ3n) is 3.73. The summed E-state index contributed by atoms with van der Waals surface area (Å²) in [4.78, 5) is 24.3. The van der Waals surface area contributed by atoms with Crippen molar-refractivity contribution in [1.82, 2.24) is 4.72 Å². The number of hydrogen-bond acceptors (Lipinski definition) is 6. The minimum Gasteiger partial charge on any atom is -0.497 e. The molecule has 0 aliphatic heterocycles. The number of hydrogen-bond donors (Lipinski definition) is 1. The first-order chi connectivity index (χ1) is 12.8. The summed E-state index contributed by atoms with van der Waals surface area (Å²) in [6.07, 6.45) is -1.16. The third kappa shape index (κ3) is 5.90. The molecule has 0 radical (unpaired) electrons. The Morgan fingerprint density at radius 3 is 2.26 bits per heavy atom. The molecule has 2 aromatic rings. The SMILES string of the molecule is COc1ccc(C(=O)[C@H](C)OC(=O)CCNS(=O)(=O)c2ccccc2)cc1. The van der Waals surface area contributed by atoms with Gasteiger partial charge in [0.15, 0.2) is 6.10 Å². The number of methoxy groups -OCH3 is 1. The van der Waals surface area contributed by atoms with Crippen LogP contribution in [0, 0.1) is 0 Å². The Kier molecular flexibility index (Phi) is 7.09. The minimum atomic E-state index is -3.69. The fourth-order valence-corrected chi connectivity index (χ4v) is 3.32. The van der Waals surface area contributed by atoms with Crippen molar-refractivity contribution in [2.24, 2.45) is 0 Å². The Bertz CT molecular complexity index is 878. The second-order valence-electron chi connectivity index (χ2n) is 5.69. The lowest BCUT2D eigenvalue weighted by Crippen LogP contribution is -2.29. The van der Waals surface area contributed by atoms with Gasteiger partial charge in [-0.15, -0.1) is 0 Å². The molecule has 0 saturated heterocycles. The van der Waals surface area contributed by atoms with E-state index in [1.807, 2.05) is 0 Å². The molecule has 0 saturated carbocycles. The van der Waals surface area contributed by atoms with Crippen molar-refractivity contribution in [1.29, 1.82) is 0 Å². The standard InChI is InChI=1S/C19H21NO6S/c1-14(19(22)15-8-10-16(25-2)11-9-15)26-18(21)12-13-20-27(23,24)17-6-4-3-5-7-17/h3-11,14,20H,12-13H2,1-2H3/t14-/m0/s1. The van der Waals surface area contributed by atoms with Gasteiger partial charge >= 0.3 is 5.97 Å². The van der Waals surface area contributed by atoms with E-state index in [2.05, 4.69) is 4.72 Å². The molecule has 0 fully saturated rings. The summed E-state index contributed by atoms with van der Waals surface area (Å²) in [6.45, 7) is 1.35. The van der Waals surface area contributed by atoms with Crippen LogP contribution in [0.1, 0.15) is 23.7 Å². The maximum Gasteiger partial charge on any atom is 0.307 e. The molecule has 144 valence electrons. The van der Waals surface area contributed by atoms with E-state index in [1.165, 1.54) is 26.2 Å². The Morgan fingerprint density at radius 2 is 1.67 bits per heavy atom. The maximum atomic E-state index is 12.3. The lowest BCUT2D eigenvalue weighted by Gasteiger charge is -2.13. The van der Waals surface area contributed by atoms with Crippen LogP contribution in [-0.2, 0) is 19.6 Å². The molecule has 8 heteroatoms. The molecule has 0 aliphatic carbocycles. The number of nitrogens with one attached hydrogen (secondary N) is 1. The van der Waals surface area contributed by atoms with E-state index in [-0.39, 0.29) is 23.6 Å². The van der Waals surface area contributed by atoms with E-state index in [0.717, 1.165) is 0 Å². The number of ether oxygens (including phenoxy) is 2. The van der Waals surface area contributed by atoms with E-state index in [1.54, 1.807) is 42.5 Å². The molecule has 2 rings (SSSR count). The molecule has 27 heavy (non-hydrogen) atoms. The Balaban J connectivity index is 1.83. The van der Waals surface area contributed by atoms with E-state index in [0.29, 0.717) is 11.3 Å². The summed E-state index contributed by atoms with van der Waals surface area (Å²) in [7, 11) is -2.17. The van der Waals surface area contributed by atoms with E-state index in [4.69, 9.17) is 9.47 Å². The van der Waals surface area contributed by atoms with Crippen molar-refractivity contribution in [2.75, 3.05) is 13.7 Å². The van der Waals surface area contributed by atoms with Crippen molar-refractivity contribution in [2.45, 2.75) is 24.3 Å². The molecule has 1 atom stereocenters. The minimum absolute atomic E-state index is 0.112. The zero-order valence-corrected chi connectivity index (χ0v) is 15.9. The lowest BCUT2D eigenvalue weighted by molar-refractivity contribution is -0.146. The average Bonchev–Trinajstić information content (AvgIpc) is 2.68. The number of ketones is 1. The van der Waals surface area contributed by atoms with Crippen LogP contribution in [-0.4, -0.2) is 39.9 Å². The number of esters is 1. The predicted molar refractivity (Wildman–Crippen MR) is 99.1 cm³/mol. The predicted octanol–water partition coefficient (Wildman–Crippen LogP) is 2.18. The van der Waals surface area contributed by atoms with Gasteiger partial charge in [0, 0.05) is 12.1 Å². The van der Waals surface area contributed by atoms with Crippen LogP contribution < -0.4 is 9.46 Å². The zero-order chi connectivity index (χ0) is 19.9. The van der Waals surface area contributed by atoms with Gasteiger partial charge in [-0.25, -0.2) is 13.1 Å². The van der Waals surface area contributed by atoms with Gasteiger partial charge in [0.05, 0.1) is 18.4 Å². The van der Waals surface area contributed by atoms with Crippen LogP contribution in [0.5, 0.6) is 5.75 Å². The Morgan fingerprint density at radius 1 is 1.04 bits per heavy atom. The fourth-order valence-electron chi connectivity index (χ4n) is 2.27. The monoisotopic (exact) mass is 391 g/mol. The van der Waals surface area contributed by atoms with Crippen LogP contribution in [0.3, 0.4) is 0 Å². The quantitative estimate of drug-likeness (QED) is 0.520. The highest BCUT2D eigenvalue weighted by Gasteiger charge is 2.20.